The molecule has 0 aliphatic rings. The van der Waals surface area contributed by atoms with Gasteiger partial charge < -0.3 is 5.73 Å². The molecular weight excluding hydrogens is 202 g/mol. The van der Waals surface area contributed by atoms with E-state index in [9.17, 15) is 14.9 Å². The summed E-state index contributed by atoms with van der Waals surface area (Å²) in [6, 6.07) is 3.38. The van der Waals surface area contributed by atoms with Crippen molar-refractivity contribution in [2.75, 3.05) is 0 Å². The topological polar surface area (TPSA) is 135 Å². The maximum atomic E-state index is 10.7. The molecule has 0 fully saturated rings. The van der Waals surface area contributed by atoms with Crippen molar-refractivity contribution in [2.45, 2.75) is 0 Å². The molecule has 0 aliphatic heterocycles. The lowest BCUT2D eigenvalue weighted by molar-refractivity contribution is -0.384. The van der Waals surface area contributed by atoms with Crippen LogP contribution in [0.4, 0.5) is 11.4 Å². The molecule has 0 heterocycles. The number of nitro groups is 1. The Balaban J connectivity index is 3.39. The van der Waals surface area contributed by atoms with Crippen LogP contribution in [0.3, 0.4) is 0 Å². The van der Waals surface area contributed by atoms with Crippen molar-refractivity contribution >= 4 is 17.3 Å². The molecule has 0 aromatic heterocycles. The Morgan fingerprint density at radius 2 is 2.27 bits per heavy atom. The second-order valence-corrected chi connectivity index (χ2v) is 2.51. The van der Waals surface area contributed by atoms with E-state index in [0.29, 0.717) is 0 Å². The van der Waals surface area contributed by atoms with Crippen LogP contribution in [0.2, 0.25) is 0 Å². The molecule has 0 unspecified atom stereocenters. The van der Waals surface area contributed by atoms with Crippen LogP contribution >= 0.6 is 0 Å². The van der Waals surface area contributed by atoms with E-state index in [2.05, 4.69) is 10.0 Å². The summed E-state index contributed by atoms with van der Waals surface area (Å²) in [6.07, 6.45) is 0. The minimum absolute atomic E-state index is 0.0152. The SMILES string of the molecule is [N-]=[N+]=Nc1ccc(C(N)=O)cc1[N+](=O)[O-]. The van der Waals surface area contributed by atoms with Gasteiger partial charge in [0.25, 0.3) is 5.69 Å². The Hall–Kier alpha value is -2.60. The number of azide groups is 1. The Kier molecular flexibility index (Phi) is 2.85. The molecule has 0 atom stereocenters. The number of benzene rings is 1. The highest BCUT2D eigenvalue weighted by molar-refractivity contribution is 5.94. The first kappa shape index (κ1) is 10.5. The van der Waals surface area contributed by atoms with Gasteiger partial charge in [0.15, 0.2) is 0 Å². The molecule has 0 radical (unpaired) electrons. The van der Waals surface area contributed by atoms with Crippen molar-refractivity contribution in [1.29, 1.82) is 0 Å². The lowest BCUT2D eigenvalue weighted by atomic mass is 10.1. The Bertz CT molecular complexity index is 478. The van der Waals surface area contributed by atoms with Gasteiger partial charge in [0.1, 0.15) is 5.69 Å². The van der Waals surface area contributed by atoms with E-state index in [1.54, 1.807) is 0 Å². The van der Waals surface area contributed by atoms with Crippen molar-refractivity contribution in [3.8, 4) is 0 Å². The molecule has 1 aromatic carbocycles. The first-order chi connectivity index (χ1) is 7.06. The van der Waals surface area contributed by atoms with E-state index >= 15 is 0 Å². The van der Waals surface area contributed by atoms with Gasteiger partial charge in [0.05, 0.1) is 4.92 Å². The predicted molar refractivity (Wildman–Crippen MR) is 50.4 cm³/mol. The van der Waals surface area contributed by atoms with Gasteiger partial charge in [-0.3, -0.25) is 14.9 Å². The third-order valence-corrected chi connectivity index (χ3v) is 1.61. The molecule has 1 rings (SSSR count). The quantitative estimate of drug-likeness (QED) is 0.265. The number of rotatable bonds is 3. The highest BCUT2D eigenvalue weighted by Crippen LogP contribution is 2.28. The zero-order valence-corrected chi connectivity index (χ0v) is 7.32. The van der Waals surface area contributed by atoms with Crippen molar-refractivity contribution in [3.63, 3.8) is 0 Å². The van der Waals surface area contributed by atoms with Crippen molar-refractivity contribution in [2.24, 2.45) is 10.8 Å². The molecule has 0 saturated carbocycles. The smallest absolute Gasteiger partial charge is 0.279 e. The van der Waals surface area contributed by atoms with E-state index in [4.69, 9.17) is 11.3 Å². The molecule has 0 aliphatic carbocycles. The van der Waals surface area contributed by atoms with Gasteiger partial charge in [-0.05, 0) is 17.7 Å². The van der Waals surface area contributed by atoms with Gasteiger partial charge >= 0.3 is 0 Å². The molecule has 0 spiro atoms. The molecule has 1 amide bonds. The Labute approximate surface area is 83.1 Å². The van der Waals surface area contributed by atoms with E-state index in [1.807, 2.05) is 0 Å². The summed E-state index contributed by atoms with van der Waals surface area (Å²) < 4.78 is 0. The summed E-state index contributed by atoms with van der Waals surface area (Å²) in [7, 11) is 0. The summed E-state index contributed by atoms with van der Waals surface area (Å²) in [5.74, 6) is -0.786. The summed E-state index contributed by atoms with van der Waals surface area (Å²) >= 11 is 0. The lowest BCUT2D eigenvalue weighted by Gasteiger charge is -1.98. The summed E-state index contributed by atoms with van der Waals surface area (Å²) in [5.41, 5.74) is 12.5. The Morgan fingerprint density at radius 3 is 2.73 bits per heavy atom. The predicted octanol–water partition coefficient (Wildman–Crippen LogP) is 1.64. The third-order valence-electron chi connectivity index (χ3n) is 1.61. The number of primary amides is 1. The number of hydrogen-bond donors (Lipinski definition) is 1. The van der Waals surface area contributed by atoms with E-state index in [-0.39, 0.29) is 11.3 Å². The lowest BCUT2D eigenvalue weighted by Crippen LogP contribution is -2.10. The molecular formula is C7H5N5O3. The minimum Gasteiger partial charge on any atom is -0.366 e. The zero-order valence-electron chi connectivity index (χ0n) is 7.32. The van der Waals surface area contributed by atoms with Gasteiger partial charge in [-0.15, -0.1) is 0 Å². The highest BCUT2D eigenvalue weighted by Gasteiger charge is 2.14. The highest BCUT2D eigenvalue weighted by atomic mass is 16.6. The van der Waals surface area contributed by atoms with Crippen LogP contribution in [0, 0.1) is 10.1 Å². The fraction of sp³-hybridized carbons (Fsp3) is 0. The van der Waals surface area contributed by atoms with Gasteiger partial charge in [-0.1, -0.05) is 5.11 Å². The van der Waals surface area contributed by atoms with Crippen LogP contribution < -0.4 is 5.73 Å². The fourth-order valence-electron chi connectivity index (χ4n) is 0.956. The van der Waals surface area contributed by atoms with Gasteiger partial charge in [0.2, 0.25) is 5.91 Å². The number of nitrogens with two attached hydrogens (primary N) is 1. The number of nitrogens with zero attached hydrogens (tertiary/aromatic N) is 4. The van der Waals surface area contributed by atoms with E-state index < -0.39 is 16.5 Å². The number of hydrogen-bond acceptors (Lipinski definition) is 4. The molecule has 8 heteroatoms. The Morgan fingerprint density at radius 1 is 1.60 bits per heavy atom. The first-order valence-electron chi connectivity index (χ1n) is 3.69. The molecule has 8 nitrogen and oxygen atoms in total. The summed E-state index contributed by atoms with van der Waals surface area (Å²) in [4.78, 5) is 23.0. The molecule has 76 valence electrons. The minimum atomic E-state index is -0.786. The largest absolute Gasteiger partial charge is 0.366 e. The monoisotopic (exact) mass is 207 g/mol. The van der Waals surface area contributed by atoms with Gasteiger partial charge in [-0.25, -0.2) is 0 Å². The second-order valence-electron chi connectivity index (χ2n) is 2.51. The van der Waals surface area contributed by atoms with Crippen LogP contribution in [-0.4, -0.2) is 10.8 Å². The number of amides is 1. The summed E-state index contributed by atoms with van der Waals surface area (Å²) in [6.45, 7) is 0. The number of carbonyl (C=O) groups excluding carboxylic acids is 1. The van der Waals surface area contributed by atoms with Crippen LogP contribution in [0.5, 0.6) is 0 Å². The van der Waals surface area contributed by atoms with Crippen LogP contribution in [-0.2, 0) is 0 Å². The van der Waals surface area contributed by atoms with Crippen molar-refractivity contribution in [3.05, 3.63) is 44.3 Å². The molecule has 1 aromatic rings. The van der Waals surface area contributed by atoms with E-state index in [1.165, 1.54) is 6.07 Å². The second kappa shape index (κ2) is 4.07. The number of carbonyl (C=O) groups is 1. The zero-order chi connectivity index (χ0) is 11.4. The fourth-order valence-corrected chi connectivity index (χ4v) is 0.956. The summed E-state index contributed by atoms with van der Waals surface area (Å²) in [5, 5.41) is 13.7. The first-order valence-corrected chi connectivity index (χ1v) is 3.69. The van der Waals surface area contributed by atoms with Crippen molar-refractivity contribution in [1.82, 2.24) is 0 Å². The maximum absolute atomic E-state index is 10.7. The van der Waals surface area contributed by atoms with Crippen LogP contribution in [0.25, 0.3) is 10.4 Å². The van der Waals surface area contributed by atoms with Crippen LogP contribution in [0.1, 0.15) is 10.4 Å². The normalized spacial score (nSPS) is 9.07. The van der Waals surface area contributed by atoms with Crippen molar-refractivity contribution < 1.29 is 9.72 Å². The van der Waals surface area contributed by atoms with Crippen LogP contribution in [0.15, 0.2) is 23.3 Å². The third kappa shape index (κ3) is 2.20. The average Bonchev–Trinajstić information content (AvgIpc) is 2.18. The maximum Gasteiger partial charge on any atom is 0.279 e. The number of nitro benzene ring substituents is 1. The average molecular weight is 207 g/mol. The molecule has 0 bridgehead atoms. The molecule has 15 heavy (non-hydrogen) atoms. The molecule has 2 N–H and O–H groups in total. The standard InChI is InChI=1S/C7H5N5O3/c8-7(13)4-1-2-5(10-11-9)6(3-4)12(14)15/h1-3H,(H2,8,13). The van der Waals surface area contributed by atoms with Gasteiger partial charge in [0, 0.05) is 16.5 Å². The van der Waals surface area contributed by atoms with Gasteiger partial charge in [-0.2, -0.15) is 0 Å². The molecule has 0 saturated heterocycles. The van der Waals surface area contributed by atoms with E-state index in [0.717, 1.165) is 12.1 Å².